The fraction of sp³-hybridized carbons (Fsp3) is 0.478. The van der Waals surface area contributed by atoms with E-state index >= 15 is 0 Å². The summed E-state index contributed by atoms with van der Waals surface area (Å²) in [5.41, 5.74) is 2.26. The average Bonchev–Trinajstić information content (AvgIpc) is 3.55. The lowest BCUT2D eigenvalue weighted by atomic mass is 10.1. The van der Waals surface area contributed by atoms with Crippen molar-refractivity contribution in [1.82, 2.24) is 14.8 Å². The SMILES string of the molecule is CCNC(=NCc1ccc(Cn2ccccc2=O)cc1)N(C)CCOCC1CC1.I. The number of hydrogen-bond donors (Lipinski definition) is 1. The van der Waals surface area contributed by atoms with Gasteiger partial charge in [-0.1, -0.05) is 30.3 Å². The van der Waals surface area contributed by atoms with E-state index in [-0.39, 0.29) is 29.5 Å². The molecule has 0 atom stereocenters. The highest BCUT2D eigenvalue weighted by Crippen LogP contribution is 2.28. The molecule has 0 unspecified atom stereocenters. The van der Waals surface area contributed by atoms with Crippen LogP contribution in [0.15, 0.2) is 58.4 Å². The molecule has 1 aromatic heterocycles. The molecule has 1 aromatic carbocycles. The first-order chi connectivity index (χ1) is 14.2. The fourth-order valence-corrected chi connectivity index (χ4v) is 3.02. The van der Waals surface area contributed by atoms with Gasteiger partial charge in [0.1, 0.15) is 0 Å². The predicted molar refractivity (Wildman–Crippen MR) is 133 cm³/mol. The number of likely N-dealkylation sites (N-methyl/N-ethyl adjacent to an activating group) is 1. The third kappa shape index (κ3) is 8.10. The molecule has 0 bridgehead atoms. The maximum atomic E-state index is 11.8. The molecule has 7 heteroatoms. The van der Waals surface area contributed by atoms with Crippen LogP contribution in [0.1, 0.15) is 30.9 Å². The number of hydrogen-bond acceptors (Lipinski definition) is 3. The molecule has 1 aliphatic rings. The average molecular weight is 524 g/mol. The number of aromatic nitrogens is 1. The van der Waals surface area contributed by atoms with Crippen LogP contribution in [0.5, 0.6) is 0 Å². The highest BCUT2D eigenvalue weighted by molar-refractivity contribution is 14.0. The number of guanidine groups is 1. The number of pyridine rings is 1. The number of aliphatic imine (C=N–C) groups is 1. The van der Waals surface area contributed by atoms with Crippen molar-refractivity contribution in [3.05, 3.63) is 70.1 Å². The van der Waals surface area contributed by atoms with E-state index in [4.69, 9.17) is 9.73 Å². The van der Waals surface area contributed by atoms with E-state index < -0.39 is 0 Å². The summed E-state index contributed by atoms with van der Waals surface area (Å²) >= 11 is 0. The molecule has 0 spiro atoms. The molecule has 0 radical (unpaired) electrons. The summed E-state index contributed by atoms with van der Waals surface area (Å²) in [5, 5.41) is 3.35. The largest absolute Gasteiger partial charge is 0.379 e. The van der Waals surface area contributed by atoms with E-state index in [1.807, 2.05) is 19.3 Å². The number of ether oxygens (including phenoxy) is 1. The van der Waals surface area contributed by atoms with Gasteiger partial charge in [0.2, 0.25) is 0 Å². The Hall–Kier alpha value is -1.87. The maximum Gasteiger partial charge on any atom is 0.250 e. The molecule has 1 fully saturated rings. The lowest BCUT2D eigenvalue weighted by Gasteiger charge is -2.22. The molecular weight excluding hydrogens is 491 g/mol. The Morgan fingerprint density at radius 1 is 1.20 bits per heavy atom. The second kappa shape index (κ2) is 12.7. The second-order valence-electron chi connectivity index (χ2n) is 7.59. The minimum atomic E-state index is 0. The van der Waals surface area contributed by atoms with Gasteiger partial charge in [-0.2, -0.15) is 0 Å². The van der Waals surface area contributed by atoms with Crippen LogP contribution in [0.3, 0.4) is 0 Å². The highest BCUT2D eigenvalue weighted by atomic mass is 127. The van der Waals surface area contributed by atoms with Gasteiger partial charge in [-0.3, -0.25) is 4.79 Å². The van der Waals surface area contributed by atoms with Crippen molar-refractivity contribution in [2.24, 2.45) is 10.9 Å². The molecule has 6 nitrogen and oxygen atoms in total. The van der Waals surface area contributed by atoms with Crippen LogP contribution in [0.25, 0.3) is 0 Å². The van der Waals surface area contributed by atoms with Gasteiger partial charge < -0.3 is 19.5 Å². The van der Waals surface area contributed by atoms with Crippen LogP contribution in [-0.4, -0.2) is 48.8 Å². The standard InChI is InChI=1S/C23H32N4O2.HI/c1-3-24-23(26(2)14-15-29-18-21-11-12-21)25-16-19-7-9-20(10-8-19)17-27-13-5-4-6-22(27)28;/h4-10,13,21H,3,11-12,14-18H2,1-2H3,(H,24,25);1H. The molecule has 0 aliphatic heterocycles. The molecule has 164 valence electrons. The molecular formula is C23H33IN4O2. The van der Waals surface area contributed by atoms with E-state index in [1.165, 1.54) is 12.8 Å². The van der Waals surface area contributed by atoms with E-state index in [1.54, 1.807) is 16.7 Å². The summed E-state index contributed by atoms with van der Waals surface area (Å²) < 4.78 is 7.45. The Bertz CT molecular complexity index is 847. The molecule has 1 saturated carbocycles. The number of halogens is 1. The molecule has 0 amide bonds. The Morgan fingerprint density at radius 2 is 1.93 bits per heavy atom. The molecule has 3 rings (SSSR count). The minimum absolute atomic E-state index is 0. The quantitative estimate of drug-likeness (QED) is 0.224. The van der Waals surface area contributed by atoms with Gasteiger partial charge in [0.05, 0.1) is 19.7 Å². The zero-order valence-electron chi connectivity index (χ0n) is 17.9. The van der Waals surface area contributed by atoms with Gasteiger partial charge in [0.25, 0.3) is 5.56 Å². The van der Waals surface area contributed by atoms with Gasteiger partial charge in [0, 0.05) is 39.0 Å². The van der Waals surface area contributed by atoms with E-state index in [9.17, 15) is 4.79 Å². The van der Waals surface area contributed by atoms with Crippen LogP contribution in [0.4, 0.5) is 0 Å². The van der Waals surface area contributed by atoms with Crippen molar-refractivity contribution < 1.29 is 4.74 Å². The number of benzene rings is 1. The Morgan fingerprint density at radius 3 is 2.60 bits per heavy atom. The highest BCUT2D eigenvalue weighted by Gasteiger charge is 2.21. The zero-order chi connectivity index (χ0) is 20.5. The van der Waals surface area contributed by atoms with E-state index in [0.29, 0.717) is 13.1 Å². The molecule has 2 aromatic rings. The smallest absolute Gasteiger partial charge is 0.250 e. The van der Waals surface area contributed by atoms with Gasteiger partial charge in [-0.25, -0.2) is 4.99 Å². The van der Waals surface area contributed by atoms with E-state index in [0.717, 1.165) is 49.3 Å². The number of rotatable bonds is 10. The predicted octanol–water partition coefficient (Wildman–Crippen LogP) is 3.34. The lowest BCUT2D eigenvalue weighted by Crippen LogP contribution is -2.40. The summed E-state index contributed by atoms with van der Waals surface area (Å²) in [6, 6.07) is 13.5. The molecule has 0 saturated heterocycles. The summed E-state index contributed by atoms with van der Waals surface area (Å²) in [5.74, 6) is 1.69. The van der Waals surface area contributed by atoms with Crippen LogP contribution < -0.4 is 10.9 Å². The van der Waals surface area contributed by atoms with Crippen LogP contribution in [-0.2, 0) is 17.8 Å². The van der Waals surface area contributed by atoms with Gasteiger partial charge in [0.15, 0.2) is 5.96 Å². The number of nitrogens with one attached hydrogen (secondary N) is 1. The third-order valence-corrected chi connectivity index (χ3v) is 5.00. The molecule has 1 heterocycles. The zero-order valence-corrected chi connectivity index (χ0v) is 20.2. The van der Waals surface area contributed by atoms with Crippen LogP contribution in [0.2, 0.25) is 0 Å². The molecule has 1 aliphatic carbocycles. The van der Waals surface area contributed by atoms with Crippen molar-refractivity contribution in [2.45, 2.75) is 32.9 Å². The Balaban J connectivity index is 0.00000320. The Kier molecular flexibility index (Phi) is 10.4. The lowest BCUT2D eigenvalue weighted by molar-refractivity contribution is 0.115. The van der Waals surface area contributed by atoms with Crippen molar-refractivity contribution in [2.75, 3.05) is 33.4 Å². The van der Waals surface area contributed by atoms with Crippen molar-refractivity contribution >= 4 is 29.9 Å². The summed E-state index contributed by atoms with van der Waals surface area (Å²) in [4.78, 5) is 18.7. The summed E-state index contributed by atoms with van der Waals surface area (Å²) in [7, 11) is 2.04. The van der Waals surface area contributed by atoms with Crippen LogP contribution in [0, 0.1) is 5.92 Å². The van der Waals surface area contributed by atoms with Gasteiger partial charge >= 0.3 is 0 Å². The Labute approximate surface area is 196 Å². The minimum Gasteiger partial charge on any atom is -0.379 e. The fourth-order valence-electron chi connectivity index (χ4n) is 3.02. The van der Waals surface area contributed by atoms with Crippen molar-refractivity contribution in [3.63, 3.8) is 0 Å². The van der Waals surface area contributed by atoms with Gasteiger partial charge in [-0.05, 0) is 42.9 Å². The first-order valence-electron chi connectivity index (χ1n) is 10.5. The maximum absolute atomic E-state index is 11.8. The topological polar surface area (TPSA) is 58.9 Å². The first kappa shape index (κ1) is 24.4. The molecule has 1 N–H and O–H groups in total. The summed E-state index contributed by atoms with van der Waals surface area (Å²) in [6.07, 6.45) is 4.45. The van der Waals surface area contributed by atoms with Gasteiger partial charge in [-0.15, -0.1) is 24.0 Å². The van der Waals surface area contributed by atoms with Crippen molar-refractivity contribution in [1.29, 1.82) is 0 Å². The summed E-state index contributed by atoms with van der Waals surface area (Å²) in [6.45, 7) is 6.54. The second-order valence-corrected chi connectivity index (χ2v) is 7.59. The molecule has 30 heavy (non-hydrogen) atoms. The number of nitrogens with zero attached hydrogens (tertiary/aromatic N) is 3. The normalized spacial score (nSPS) is 13.6. The van der Waals surface area contributed by atoms with Crippen LogP contribution >= 0.6 is 24.0 Å². The first-order valence-corrected chi connectivity index (χ1v) is 10.5. The van der Waals surface area contributed by atoms with E-state index in [2.05, 4.69) is 41.4 Å². The monoisotopic (exact) mass is 524 g/mol. The van der Waals surface area contributed by atoms with Crippen molar-refractivity contribution in [3.8, 4) is 0 Å². The third-order valence-electron chi connectivity index (χ3n) is 5.00.